The molecule has 0 heterocycles. The highest BCUT2D eigenvalue weighted by Crippen LogP contribution is 2.26. The Balaban J connectivity index is 2.08. The van der Waals surface area contributed by atoms with Crippen LogP contribution in [0.15, 0.2) is 42.5 Å². The Bertz CT molecular complexity index is 743. The number of phenols is 1. The summed E-state index contributed by atoms with van der Waals surface area (Å²) in [5.74, 6) is -0.219. The lowest BCUT2D eigenvalue weighted by molar-refractivity contribution is -0.385. The highest BCUT2D eigenvalue weighted by molar-refractivity contribution is 5.95. The molecule has 2 aromatic rings. The third-order valence-electron chi connectivity index (χ3n) is 3.47. The number of phenolic OH excluding ortho intramolecular Hbond substituents is 1. The van der Waals surface area contributed by atoms with Crippen LogP contribution in [0.3, 0.4) is 0 Å². The van der Waals surface area contributed by atoms with Gasteiger partial charge in [-0.3, -0.25) is 14.9 Å². The number of aromatic hydroxyl groups is 1. The van der Waals surface area contributed by atoms with Crippen molar-refractivity contribution in [3.8, 4) is 11.5 Å². The number of nitro benzene ring substituents is 1. The van der Waals surface area contributed by atoms with Crippen molar-refractivity contribution >= 4 is 11.6 Å². The third-order valence-corrected chi connectivity index (χ3v) is 3.47. The highest BCUT2D eigenvalue weighted by Gasteiger charge is 2.17. The van der Waals surface area contributed by atoms with Crippen LogP contribution >= 0.6 is 0 Å². The molecule has 1 unspecified atom stereocenters. The van der Waals surface area contributed by atoms with Gasteiger partial charge in [0.1, 0.15) is 5.75 Å². The van der Waals surface area contributed by atoms with Gasteiger partial charge in [-0.1, -0.05) is 12.1 Å². The van der Waals surface area contributed by atoms with Gasteiger partial charge in [0, 0.05) is 11.6 Å². The number of carbonyl (C=O) groups is 1. The zero-order valence-corrected chi connectivity index (χ0v) is 13.4. The zero-order chi connectivity index (χ0) is 17.7. The minimum atomic E-state index is -0.709. The maximum Gasteiger partial charge on any atom is 0.310 e. The Hall–Kier alpha value is -3.09. The van der Waals surface area contributed by atoms with Gasteiger partial charge >= 0.3 is 5.69 Å². The normalized spacial score (nSPS) is 11.6. The molecule has 0 aromatic heterocycles. The smallest absolute Gasteiger partial charge is 0.310 e. The number of carbonyl (C=O) groups excluding carboxylic acids is 1. The molecule has 0 radical (unpaired) electrons. The molecule has 0 aliphatic heterocycles. The molecule has 0 saturated carbocycles. The fourth-order valence-electron chi connectivity index (χ4n) is 2.20. The molecule has 24 heavy (non-hydrogen) atoms. The Kier molecular flexibility index (Phi) is 5.36. The second kappa shape index (κ2) is 7.45. The van der Waals surface area contributed by atoms with Crippen LogP contribution in [0.4, 0.5) is 5.69 Å². The van der Waals surface area contributed by atoms with Crippen molar-refractivity contribution in [3.05, 3.63) is 63.7 Å². The summed E-state index contributed by atoms with van der Waals surface area (Å²) in [7, 11) is 0. The van der Waals surface area contributed by atoms with E-state index in [1.807, 2.05) is 38.1 Å². The van der Waals surface area contributed by atoms with E-state index in [2.05, 4.69) is 5.32 Å². The average molecular weight is 330 g/mol. The minimum absolute atomic E-state index is 0.149. The topological polar surface area (TPSA) is 102 Å². The molecule has 2 N–H and O–H groups in total. The van der Waals surface area contributed by atoms with Crippen molar-refractivity contribution in [2.75, 3.05) is 6.61 Å². The maximum atomic E-state index is 12.2. The first-order valence-electron chi connectivity index (χ1n) is 7.43. The SMILES string of the molecule is CCOc1ccc(C(C)NC(=O)c2ccc([N+](=O)[O-])c(O)c2)cc1. The molecule has 7 heteroatoms. The van der Waals surface area contributed by atoms with Gasteiger partial charge in [-0.2, -0.15) is 0 Å². The lowest BCUT2D eigenvalue weighted by Crippen LogP contribution is -2.26. The molecule has 0 aliphatic rings. The van der Waals surface area contributed by atoms with E-state index in [1.54, 1.807) is 0 Å². The van der Waals surface area contributed by atoms with Crippen LogP contribution in [0.5, 0.6) is 11.5 Å². The van der Waals surface area contributed by atoms with Crippen molar-refractivity contribution in [3.63, 3.8) is 0 Å². The molecular formula is C17H18N2O5. The predicted octanol–water partition coefficient (Wildman–Crippen LogP) is 3.19. The van der Waals surface area contributed by atoms with Gasteiger partial charge in [-0.15, -0.1) is 0 Å². The highest BCUT2D eigenvalue weighted by atomic mass is 16.6. The molecule has 7 nitrogen and oxygen atoms in total. The third kappa shape index (κ3) is 4.01. The molecule has 0 fully saturated rings. The van der Waals surface area contributed by atoms with Gasteiger partial charge in [0.05, 0.1) is 17.6 Å². The number of amides is 1. The van der Waals surface area contributed by atoms with Gasteiger partial charge in [-0.05, 0) is 43.7 Å². The van der Waals surface area contributed by atoms with E-state index in [0.29, 0.717) is 6.61 Å². The van der Waals surface area contributed by atoms with Crippen LogP contribution in [0.2, 0.25) is 0 Å². The van der Waals surface area contributed by atoms with E-state index in [0.717, 1.165) is 23.4 Å². The fraction of sp³-hybridized carbons (Fsp3) is 0.235. The number of hydrogen-bond acceptors (Lipinski definition) is 5. The fourth-order valence-corrected chi connectivity index (χ4v) is 2.20. The molecule has 2 aromatic carbocycles. The number of benzene rings is 2. The first-order valence-corrected chi connectivity index (χ1v) is 7.43. The number of nitrogens with one attached hydrogen (secondary N) is 1. The Morgan fingerprint density at radius 3 is 2.50 bits per heavy atom. The van der Waals surface area contributed by atoms with E-state index < -0.39 is 22.3 Å². The lowest BCUT2D eigenvalue weighted by atomic mass is 10.1. The zero-order valence-electron chi connectivity index (χ0n) is 13.4. The van der Waals surface area contributed by atoms with E-state index in [9.17, 15) is 20.0 Å². The first kappa shape index (κ1) is 17.3. The number of ether oxygens (including phenoxy) is 1. The molecule has 0 saturated heterocycles. The van der Waals surface area contributed by atoms with Crippen LogP contribution < -0.4 is 10.1 Å². The maximum absolute atomic E-state index is 12.2. The van der Waals surface area contributed by atoms with Gasteiger partial charge < -0.3 is 15.2 Å². The molecular weight excluding hydrogens is 312 g/mol. The minimum Gasteiger partial charge on any atom is -0.502 e. The van der Waals surface area contributed by atoms with E-state index in [-0.39, 0.29) is 11.6 Å². The number of rotatable bonds is 6. The summed E-state index contributed by atoms with van der Waals surface area (Å²) in [6.07, 6.45) is 0. The summed E-state index contributed by atoms with van der Waals surface area (Å²) < 4.78 is 5.36. The molecule has 0 bridgehead atoms. The van der Waals surface area contributed by atoms with Gasteiger partial charge in [-0.25, -0.2) is 0 Å². The monoisotopic (exact) mass is 330 g/mol. The van der Waals surface area contributed by atoms with Crippen molar-refractivity contribution in [1.82, 2.24) is 5.32 Å². The van der Waals surface area contributed by atoms with Crippen molar-refractivity contribution in [1.29, 1.82) is 0 Å². The summed E-state index contributed by atoms with van der Waals surface area (Å²) in [4.78, 5) is 22.2. The molecule has 0 aliphatic carbocycles. The van der Waals surface area contributed by atoms with Gasteiger partial charge in [0.2, 0.25) is 0 Å². The summed E-state index contributed by atoms with van der Waals surface area (Å²) in [5.41, 5.74) is 0.597. The van der Waals surface area contributed by atoms with Gasteiger partial charge in [0.15, 0.2) is 5.75 Å². The number of nitrogens with zero attached hydrogens (tertiary/aromatic N) is 1. The van der Waals surface area contributed by atoms with Crippen LogP contribution in [-0.2, 0) is 0 Å². The standard InChI is InChI=1S/C17H18N2O5/c1-3-24-14-7-4-12(5-8-14)11(2)18-17(21)13-6-9-15(19(22)23)16(20)10-13/h4-11,20H,3H2,1-2H3,(H,18,21). The molecule has 1 atom stereocenters. The lowest BCUT2D eigenvalue weighted by Gasteiger charge is -2.15. The van der Waals surface area contributed by atoms with E-state index in [1.165, 1.54) is 6.07 Å². The van der Waals surface area contributed by atoms with Crippen LogP contribution in [0.25, 0.3) is 0 Å². The summed E-state index contributed by atoms with van der Waals surface area (Å²) in [5, 5.41) is 23.1. The molecule has 2 rings (SSSR count). The van der Waals surface area contributed by atoms with Crippen molar-refractivity contribution < 1.29 is 19.6 Å². The summed E-state index contributed by atoms with van der Waals surface area (Å²) >= 11 is 0. The quantitative estimate of drug-likeness (QED) is 0.625. The van der Waals surface area contributed by atoms with Crippen LogP contribution in [-0.4, -0.2) is 22.5 Å². The first-order chi connectivity index (χ1) is 11.4. The van der Waals surface area contributed by atoms with Gasteiger partial charge in [0.25, 0.3) is 5.91 Å². The number of nitro groups is 1. The predicted molar refractivity (Wildman–Crippen MR) is 88.3 cm³/mol. The summed E-state index contributed by atoms with van der Waals surface area (Å²) in [6, 6.07) is 10.6. The second-order valence-corrected chi connectivity index (χ2v) is 5.16. The largest absolute Gasteiger partial charge is 0.502 e. The van der Waals surface area contributed by atoms with Crippen molar-refractivity contribution in [2.24, 2.45) is 0 Å². The second-order valence-electron chi connectivity index (χ2n) is 5.16. The molecule has 126 valence electrons. The Morgan fingerprint density at radius 2 is 1.96 bits per heavy atom. The van der Waals surface area contributed by atoms with E-state index in [4.69, 9.17) is 4.74 Å². The number of hydrogen-bond donors (Lipinski definition) is 2. The van der Waals surface area contributed by atoms with Crippen LogP contribution in [0, 0.1) is 10.1 Å². The molecule has 1 amide bonds. The average Bonchev–Trinajstić information content (AvgIpc) is 2.55. The Labute approximate surface area is 139 Å². The van der Waals surface area contributed by atoms with Crippen LogP contribution in [0.1, 0.15) is 35.8 Å². The Morgan fingerprint density at radius 1 is 1.29 bits per heavy atom. The van der Waals surface area contributed by atoms with Crippen molar-refractivity contribution in [2.45, 2.75) is 19.9 Å². The summed E-state index contributed by atoms with van der Waals surface area (Å²) in [6.45, 7) is 4.30. The molecule has 0 spiro atoms. The van der Waals surface area contributed by atoms with E-state index >= 15 is 0 Å².